The third-order valence-corrected chi connectivity index (χ3v) is 4.95. The molecule has 1 aliphatic rings. The Morgan fingerprint density at radius 2 is 1.77 bits per heavy atom. The number of nitrogens with two attached hydrogens (primary N) is 1. The first kappa shape index (κ1) is 18.3. The quantitative estimate of drug-likeness (QED) is 0.795. The molecule has 1 aliphatic heterocycles. The van der Waals surface area contributed by atoms with Crippen molar-refractivity contribution in [2.45, 2.75) is 26.3 Å². The first-order chi connectivity index (χ1) is 12.1. The number of anilines is 2. The number of piperazine rings is 1. The summed E-state index contributed by atoms with van der Waals surface area (Å²) in [6.07, 6.45) is 1.44. The third kappa shape index (κ3) is 3.14. The molecular weight excluding hydrogens is 332 g/mol. The number of carbonyl (C=O) groups is 1. The van der Waals surface area contributed by atoms with Crippen molar-refractivity contribution in [2.24, 2.45) is 0 Å². The number of hydrogen-bond donors (Lipinski definition) is 2. The minimum absolute atomic E-state index is 0.237. The van der Waals surface area contributed by atoms with Crippen molar-refractivity contribution in [3.05, 3.63) is 34.1 Å². The van der Waals surface area contributed by atoms with Crippen molar-refractivity contribution in [1.29, 1.82) is 0 Å². The van der Waals surface area contributed by atoms with E-state index in [9.17, 15) is 14.7 Å². The number of rotatable bonds is 2. The minimum Gasteiger partial charge on any atom is -0.477 e. The van der Waals surface area contributed by atoms with E-state index in [-0.39, 0.29) is 11.1 Å². The Hall–Kier alpha value is -2.54. The Morgan fingerprint density at radius 1 is 1.15 bits per heavy atom. The lowest BCUT2D eigenvalue weighted by Gasteiger charge is -2.35. The molecule has 1 saturated heterocycles. The molecule has 0 radical (unpaired) electrons. The summed E-state index contributed by atoms with van der Waals surface area (Å²) in [5.41, 5.74) is 7.24. The predicted molar refractivity (Wildman–Crippen MR) is 104 cm³/mol. The average Bonchev–Trinajstić information content (AvgIpc) is 2.54. The molecule has 1 aromatic carbocycles. The first-order valence-electron chi connectivity index (χ1n) is 8.76. The summed E-state index contributed by atoms with van der Waals surface area (Å²) in [4.78, 5) is 28.7. The Kier molecular flexibility index (Phi) is 4.44. The molecule has 3 rings (SSSR count). The van der Waals surface area contributed by atoms with Crippen LogP contribution < -0.4 is 16.1 Å². The molecule has 0 atom stereocenters. The number of hydrogen-bond acceptors (Lipinski definition) is 5. The molecule has 2 heterocycles. The van der Waals surface area contributed by atoms with Crippen LogP contribution in [0.15, 0.2) is 23.1 Å². The van der Waals surface area contributed by atoms with E-state index in [4.69, 9.17) is 5.73 Å². The number of carboxylic acids is 1. The summed E-state index contributed by atoms with van der Waals surface area (Å²) in [7, 11) is 2.09. The SMILES string of the molecule is CN1CCN(c2cc3c(cc2N)c(=O)c(C(=O)O)cn3C(C)(C)C)CC1. The standard InChI is InChI=1S/C19H26N4O3/c1-19(2,3)23-11-13(18(25)26)17(24)12-9-14(20)16(10-15(12)23)22-7-5-21(4)6-8-22/h9-11H,5-8,20H2,1-4H3,(H,25,26). The number of aromatic nitrogens is 1. The number of nitrogens with zero attached hydrogens (tertiary/aromatic N) is 3. The van der Waals surface area contributed by atoms with Gasteiger partial charge in [-0.15, -0.1) is 0 Å². The van der Waals surface area contributed by atoms with Crippen molar-refractivity contribution in [2.75, 3.05) is 43.9 Å². The van der Waals surface area contributed by atoms with Crippen LogP contribution >= 0.6 is 0 Å². The summed E-state index contributed by atoms with van der Waals surface area (Å²) in [5, 5.41) is 9.75. The molecule has 7 heteroatoms. The normalized spacial score (nSPS) is 16.2. The van der Waals surface area contributed by atoms with Gasteiger partial charge in [-0.1, -0.05) is 0 Å². The molecule has 1 fully saturated rings. The molecule has 26 heavy (non-hydrogen) atoms. The number of fused-ring (bicyclic) bond motifs is 1. The second kappa shape index (κ2) is 6.32. The average molecular weight is 358 g/mol. The van der Waals surface area contributed by atoms with Gasteiger partial charge in [-0.2, -0.15) is 0 Å². The lowest BCUT2D eigenvalue weighted by atomic mass is 10.0. The zero-order valence-corrected chi connectivity index (χ0v) is 15.7. The van der Waals surface area contributed by atoms with Crippen LogP contribution in [-0.2, 0) is 5.54 Å². The predicted octanol–water partition coefficient (Wildman–Crippen LogP) is 1.79. The first-order valence-corrected chi connectivity index (χ1v) is 8.76. The van der Waals surface area contributed by atoms with Crippen LogP contribution in [0.5, 0.6) is 0 Å². The summed E-state index contributed by atoms with van der Waals surface area (Å²) in [6, 6.07) is 3.55. The molecule has 0 spiro atoms. The van der Waals surface area contributed by atoms with Gasteiger partial charge < -0.3 is 25.2 Å². The van der Waals surface area contributed by atoms with Crippen molar-refractivity contribution < 1.29 is 9.90 Å². The number of nitrogen functional groups attached to an aromatic ring is 1. The number of carboxylic acid groups (broad SMARTS) is 1. The number of pyridine rings is 1. The van der Waals surface area contributed by atoms with Crippen LogP contribution in [-0.4, -0.2) is 53.8 Å². The van der Waals surface area contributed by atoms with Gasteiger partial charge >= 0.3 is 5.97 Å². The molecule has 7 nitrogen and oxygen atoms in total. The monoisotopic (exact) mass is 358 g/mol. The van der Waals surface area contributed by atoms with Crippen LogP contribution in [0.4, 0.5) is 11.4 Å². The van der Waals surface area contributed by atoms with Crippen molar-refractivity contribution in [1.82, 2.24) is 9.47 Å². The van der Waals surface area contributed by atoms with E-state index in [0.717, 1.165) is 31.9 Å². The number of likely N-dealkylation sites (N-methyl/N-ethyl adjacent to an activating group) is 1. The number of benzene rings is 1. The van der Waals surface area contributed by atoms with E-state index in [1.165, 1.54) is 6.20 Å². The second-order valence-corrected chi connectivity index (χ2v) is 7.94. The van der Waals surface area contributed by atoms with Crippen LogP contribution in [0.3, 0.4) is 0 Å². The highest BCUT2D eigenvalue weighted by molar-refractivity contribution is 5.96. The molecule has 2 aromatic rings. The van der Waals surface area contributed by atoms with E-state index in [1.807, 2.05) is 31.4 Å². The molecule has 0 amide bonds. The van der Waals surface area contributed by atoms with Crippen LogP contribution in [0, 0.1) is 0 Å². The fraction of sp³-hybridized carbons (Fsp3) is 0.474. The van der Waals surface area contributed by atoms with Gasteiger partial charge in [-0.3, -0.25) is 4.79 Å². The van der Waals surface area contributed by atoms with Crippen molar-refractivity contribution >= 4 is 28.2 Å². The fourth-order valence-electron chi connectivity index (χ4n) is 3.41. The van der Waals surface area contributed by atoms with Gasteiger partial charge in [0.15, 0.2) is 0 Å². The van der Waals surface area contributed by atoms with Gasteiger partial charge in [0.05, 0.1) is 16.9 Å². The lowest BCUT2D eigenvalue weighted by molar-refractivity contribution is 0.0694. The minimum atomic E-state index is -1.23. The summed E-state index contributed by atoms with van der Waals surface area (Å²) < 4.78 is 1.85. The molecule has 0 unspecified atom stereocenters. The maximum atomic E-state index is 12.7. The van der Waals surface area contributed by atoms with Gasteiger partial charge in [0.25, 0.3) is 0 Å². The van der Waals surface area contributed by atoms with Crippen LogP contribution in [0.2, 0.25) is 0 Å². The zero-order valence-electron chi connectivity index (χ0n) is 15.7. The topological polar surface area (TPSA) is 91.8 Å². The van der Waals surface area contributed by atoms with Crippen molar-refractivity contribution in [3.8, 4) is 0 Å². The summed E-state index contributed by atoms with van der Waals surface area (Å²) >= 11 is 0. The largest absolute Gasteiger partial charge is 0.477 e. The lowest BCUT2D eigenvalue weighted by Crippen LogP contribution is -2.44. The van der Waals surface area contributed by atoms with Crippen LogP contribution in [0.1, 0.15) is 31.1 Å². The highest BCUT2D eigenvalue weighted by Crippen LogP contribution is 2.31. The van der Waals surface area contributed by atoms with E-state index in [0.29, 0.717) is 16.6 Å². The highest BCUT2D eigenvalue weighted by atomic mass is 16.4. The molecule has 0 aliphatic carbocycles. The van der Waals surface area contributed by atoms with Gasteiger partial charge in [0.2, 0.25) is 5.43 Å². The Bertz CT molecular complexity index is 919. The molecule has 1 aromatic heterocycles. The Labute approximate surface area is 152 Å². The van der Waals surface area contributed by atoms with Gasteiger partial charge in [0.1, 0.15) is 5.56 Å². The molecule has 140 valence electrons. The second-order valence-electron chi connectivity index (χ2n) is 7.94. The Morgan fingerprint density at radius 3 is 2.31 bits per heavy atom. The molecule has 0 saturated carbocycles. The van der Waals surface area contributed by atoms with Gasteiger partial charge in [0, 0.05) is 43.3 Å². The maximum absolute atomic E-state index is 12.7. The fourth-order valence-corrected chi connectivity index (χ4v) is 3.41. The summed E-state index contributed by atoms with van der Waals surface area (Å²) in [5.74, 6) is -1.23. The van der Waals surface area contributed by atoms with E-state index < -0.39 is 11.4 Å². The van der Waals surface area contributed by atoms with E-state index in [1.54, 1.807) is 6.07 Å². The Balaban J connectivity index is 2.27. The molecular formula is C19H26N4O3. The van der Waals surface area contributed by atoms with E-state index in [2.05, 4.69) is 16.8 Å². The van der Waals surface area contributed by atoms with Gasteiger partial charge in [-0.05, 0) is 40.0 Å². The van der Waals surface area contributed by atoms with E-state index >= 15 is 0 Å². The van der Waals surface area contributed by atoms with Crippen molar-refractivity contribution in [3.63, 3.8) is 0 Å². The molecule has 0 bridgehead atoms. The number of aromatic carboxylic acids is 1. The van der Waals surface area contributed by atoms with Gasteiger partial charge in [-0.25, -0.2) is 4.79 Å². The zero-order chi connectivity index (χ0) is 19.2. The third-order valence-electron chi connectivity index (χ3n) is 4.95. The highest BCUT2D eigenvalue weighted by Gasteiger charge is 2.23. The van der Waals surface area contributed by atoms with Crippen LogP contribution in [0.25, 0.3) is 10.9 Å². The maximum Gasteiger partial charge on any atom is 0.341 e. The summed E-state index contributed by atoms with van der Waals surface area (Å²) in [6.45, 7) is 9.55. The smallest absolute Gasteiger partial charge is 0.341 e. The molecule has 3 N–H and O–H groups in total.